The number of hydrogen-bond acceptors (Lipinski definition) is 3. The van der Waals surface area contributed by atoms with Crippen molar-refractivity contribution in [3.05, 3.63) is 71.1 Å². The van der Waals surface area contributed by atoms with Crippen LogP contribution in [0.2, 0.25) is 0 Å². The summed E-state index contributed by atoms with van der Waals surface area (Å²) in [5.74, 6) is -0.728. The number of benzene rings is 2. The Balaban J connectivity index is 1.95. The number of ether oxygens (including phenoxy) is 1. The Hall–Kier alpha value is -2.56. The molecule has 0 atom stereocenters. The Bertz CT molecular complexity index is 752. The number of para-hydroxylation sites is 1. The number of rotatable bonds is 5. The van der Waals surface area contributed by atoms with Crippen LogP contribution in [0.15, 0.2) is 53.9 Å². The lowest BCUT2D eigenvalue weighted by Gasteiger charge is -2.24. The van der Waals surface area contributed by atoms with Crippen molar-refractivity contribution in [2.75, 3.05) is 12.0 Å². The van der Waals surface area contributed by atoms with E-state index < -0.39 is 11.6 Å². The molecular weight excluding hydrogens is 300 g/mol. The normalized spacial score (nSPS) is 12.9. The van der Waals surface area contributed by atoms with Crippen molar-refractivity contribution in [2.45, 2.75) is 19.4 Å². The fourth-order valence-corrected chi connectivity index (χ4v) is 2.41. The Morgan fingerprint density at radius 1 is 1.13 bits per heavy atom. The number of anilines is 1. The number of hydrogen-bond donors (Lipinski definition) is 1. The van der Waals surface area contributed by atoms with E-state index in [9.17, 15) is 13.9 Å². The largest absolute Gasteiger partial charge is 0.494 e. The molecule has 3 rings (SSSR count). The molecule has 0 amide bonds. The van der Waals surface area contributed by atoms with Crippen LogP contribution in [0, 0.1) is 11.6 Å². The summed E-state index contributed by atoms with van der Waals surface area (Å²) in [7, 11) is 1.40. The van der Waals surface area contributed by atoms with E-state index in [0.717, 1.165) is 18.4 Å². The van der Waals surface area contributed by atoms with Crippen molar-refractivity contribution in [2.24, 2.45) is 0 Å². The highest BCUT2D eigenvalue weighted by molar-refractivity contribution is 5.54. The lowest BCUT2D eigenvalue weighted by Crippen LogP contribution is -2.23. The summed E-state index contributed by atoms with van der Waals surface area (Å²) in [6, 6.07) is 10.8. The van der Waals surface area contributed by atoms with Crippen LogP contribution in [0.1, 0.15) is 18.4 Å². The van der Waals surface area contributed by atoms with Crippen molar-refractivity contribution in [3.63, 3.8) is 0 Å². The van der Waals surface area contributed by atoms with E-state index >= 15 is 0 Å². The predicted octanol–water partition coefficient (Wildman–Crippen LogP) is 4.54. The van der Waals surface area contributed by atoms with E-state index in [2.05, 4.69) is 0 Å². The molecule has 2 aromatic rings. The van der Waals surface area contributed by atoms with Crippen LogP contribution in [0.3, 0.4) is 0 Å². The van der Waals surface area contributed by atoms with Crippen LogP contribution in [0.5, 0.6) is 5.75 Å². The van der Waals surface area contributed by atoms with Gasteiger partial charge in [-0.2, -0.15) is 0 Å². The van der Waals surface area contributed by atoms with Gasteiger partial charge in [0.15, 0.2) is 17.4 Å². The third kappa shape index (κ3) is 3.28. The standard InChI is InChI=1S/C18H17F2NO2/c1-23-17-9-6-12(10-15(17)20)11-21(18(22)13-7-8-13)16-5-3-2-4-14(16)19/h2-6,9-10,22H,7-8,11H2,1H3. The minimum atomic E-state index is -0.489. The van der Waals surface area contributed by atoms with Gasteiger partial charge in [-0.05, 0) is 48.2 Å². The molecule has 0 bridgehead atoms. The molecule has 3 nitrogen and oxygen atoms in total. The first kappa shape index (κ1) is 15.3. The van der Waals surface area contributed by atoms with Gasteiger partial charge in [0.25, 0.3) is 0 Å². The number of halogens is 2. The van der Waals surface area contributed by atoms with Crippen molar-refractivity contribution in [1.29, 1.82) is 0 Å². The van der Waals surface area contributed by atoms with Gasteiger partial charge < -0.3 is 14.7 Å². The Labute approximate surface area is 133 Å². The maximum Gasteiger partial charge on any atom is 0.190 e. The van der Waals surface area contributed by atoms with Crippen LogP contribution < -0.4 is 9.64 Å². The Morgan fingerprint density at radius 3 is 2.48 bits per heavy atom. The van der Waals surface area contributed by atoms with Gasteiger partial charge in [0.05, 0.1) is 19.3 Å². The van der Waals surface area contributed by atoms with Gasteiger partial charge in [-0.3, -0.25) is 0 Å². The highest BCUT2D eigenvalue weighted by Crippen LogP contribution is 2.35. The second-order valence-electron chi connectivity index (χ2n) is 5.43. The monoisotopic (exact) mass is 317 g/mol. The summed E-state index contributed by atoms with van der Waals surface area (Å²) in [5.41, 5.74) is 1.75. The highest BCUT2D eigenvalue weighted by atomic mass is 19.1. The molecule has 1 aliphatic rings. The molecule has 2 aromatic carbocycles. The van der Waals surface area contributed by atoms with Crippen LogP contribution >= 0.6 is 0 Å². The van der Waals surface area contributed by atoms with Gasteiger partial charge in [0.2, 0.25) is 0 Å². The molecule has 1 fully saturated rings. The molecule has 120 valence electrons. The summed E-state index contributed by atoms with van der Waals surface area (Å²) < 4.78 is 32.9. The quantitative estimate of drug-likeness (QED) is 0.822. The average Bonchev–Trinajstić information content (AvgIpc) is 3.38. The summed E-state index contributed by atoms with van der Waals surface area (Å²) in [6.07, 6.45) is 1.60. The third-order valence-corrected chi connectivity index (χ3v) is 3.77. The van der Waals surface area contributed by atoms with E-state index in [1.165, 1.54) is 30.2 Å². The van der Waals surface area contributed by atoms with Crippen molar-refractivity contribution >= 4 is 5.69 Å². The maximum absolute atomic E-state index is 14.1. The second kappa shape index (κ2) is 6.28. The fraction of sp³-hybridized carbons (Fsp3) is 0.222. The van der Waals surface area contributed by atoms with Gasteiger partial charge in [0, 0.05) is 0 Å². The Kier molecular flexibility index (Phi) is 4.19. The molecule has 0 saturated heterocycles. The minimum absolute atomic E-state index is 0.0475. The SMILES string of the molecule is COc1ccc(CN(C(O)=C2CC2)c2ccccc2F)cc1F. The first-order valence-electron chi connectivity index (χ1n) is 7.35. The molecule has 0 radical (unpaired) electrons. The molecule has 0 aliphatic heterocycles. The van der Waals surface area contributed by atoms with Gasteiger partial charge in [-0.25, -0.2) is 8.78 Å². The zero-order chi connectivity index (χ0) is 16.4. The van der Waals surface area contributed by atoms with E-state index in [0.29, 0.717) is 5.56 Å². The summed E-state index contributed by atoms with van der Waals surface area (Å²) in [5, 5.41) is 10.4. The number of nitrogens with zero attached hydrogens (tertiary/aromatic N) is 1. The lowest BCUT2D eigenvalue weighted by molar-refractivity contribution is 0.381. The smallest absolute Gasteiger partial charge is 0.190 e. The number of methoxy groups -OCH3 is 1. The highest BCUT2D eigenvalue weighted by Gasteiger charge is 2.25. The third-order valence-electron chi connectivity index (χ3n) is 3.77. The summed E-state index contributed by atoms with van der Waals surface area (Å²) >= 11 is 0. The predicted molar refractivity (Wildman–Crippen MR) is 84.4 cm³/mol. The summed E-state index contributed by atoms with van der Waals surface area (Å²) in [6.45, 7) is 0.164. The zero-order valence-corrected chi connectivity index (χ0v) is 12.7. The molecule has 0 spiro atoms. The first-order chi connectivity index (χ1) is 11.1. The van der Waals surface area contributed by atoms with E-state index in [1.54, 1.807) is 24.3 Å². The first-order valence-corrected chi connectivity index (χ1v) is 7.35. The van der Waals surface area contributed by atoms with Gasteiger partial charge in [-0.15, -0.1) is 0 Å². The number of allylic oxidation sites excluding steroid dienone is 1. The molecule has 1 aliphatic carbocycles. The zero-order valence-electron chi connectivity index (χ0n) is 12.7. The molecule has 0 aromatic heterocycles. The maximum atomic E-state index is 14.1. The molecule has 1 saturated carbocycles. The minimum Gasteiger partial charge on any atom is -0.494 e. The summed E-state index contributed by atoms with van der Waals surface area (Å²) in [4.78, 5) is 1.47. The number of aliphatic hydroxyl groups excluding tert-OH is 1. The van der Waals surface area contributed by atoms with Crippen LogP contribution in [0.25, 0.3) is 0 Å². The molecule has 5 heteroatoms. The van der Waals surface area contributed by atoms with Crippen molar-refractivity contribution < 1.29 is 18.6 Å². The number of aliphatic hydroxyl groups is 1. The van der Waals surface area contributed by atoms with E-state index in [-0.39, 0.29) is 23.9 Å². The Morgan fingerprint density at radius 2 is 1.87 bits per heavy atom. The van der Waals surface area contributed by atoms with Crippen LogP contribution in [0.4, 0.5) is 14.5 Å². The molecule has 0 heterocycles. The van der Waals surface area contributed by atoms with E-state index in [4.69, 9.17) is 4.74 Å². The van der Waals surface area contributed by atoms with Gasteiger partial charge in [0.1, 0.15) is 5.82 Å². The second-order valence-corrected chi connectivity index (χ2v) is 5.43. The van der Waals surface area contributed by atoms with Crippen LogP contribution in [-0.2, 0) is 6.54 Å². The topological polar surface area (TPSA) is 32.7 Å². The van der Waals surface area contributed by atoms with E-state index in [1.807, 2.05) is 0 Å². The molecule has 1 N–H and O–H groups in total. The van der Waals surface area contributed by atoms with Crippen molar-refractivity contribution in [1.82, 2.24) is 0 Å². The van der Waals surface area contributed by atoms with Gasteiger partial charge in [-0.1, -0.05) is 18.2 Å². The molecular formula is C18H17F2NO2. The van der Waals surface area contributed by atoms with Crippen LogP contribution in [-0.4, -0.2) is 12.2 Å². The average molecular weight is 317 g/mol. The molecule has 0 unspecified atom stereocenters. The van der Waals surface area contributed by atoms with Gasteiger partial charge >= 0.3 is 0 Å². The lowest BCUT2D eigenvalue weighted by atomic mass is 10.1. The van der Waals surface area contributed by atoms with Crippen molar-refractivity contribution in [3.8, 4) is 5.75 Å². The fourth-order valence-electron chi connectivity index (χ4n) is 2.41. The molecule has 23 heavy (non-hydrogen) atoms.